The number of likely N-dealkylation sites (tertiary alicyclic amines) is 1. The van der Waals surface area contributed by atoms with Gasteiger partial charge in [-0.15, -0.1) is 0 Å². The van der Waals surface area contributed by atoms with Crippen LogP contribution in [0.15, 0.2) is 10.6 Å². The normalized spacial score (nSPS) is 18.8. The van der Waals surface area contributed by atoms with Gasteiger partial charge in [0.15, 0.2) is 0 Å². The summed E-state index contributed by atoms with van der Waals surface area (Å²) < 4.78 is 43.8. The first-order valence-electron chi connectivity index (χ1n) is 7.81. The molecule has 3 heterocycles. The maximum atomic E-state index is 12.9. The van der Waals surface area contributed by atoms with Gasteiger partial charge in [0.05, 0.1) is 22.6 Å². The van der Waals surface area contributed by atoms with E-state index in [9.17, 15) is 18.0 Å². The first-order chi connectivity index (χ1) is 11.2. The van der Waals surface area contributed by atoms with Crippen molar-refractivity contribution in [3.63, 3.8) is 0 Å². The molecule has 1 saturated heterocycles. The standard InChI is InChI=1S/C16H18F3N3O2/c1-8(2)13-12-11(6-9(3)20-14(12)24-21-13)15(23)22-5-4-10(7-22)16(17,18)19/h6,8,10H,4-5,7H2,1-3H3. The number of hydrogen-bond acceptors (Lipinski definition) is 4. The lowest BCUT2D eigenvalue weighted by Crippen LogP contribution is -2.32. The second-order valence-electron chi connectivity index (χ2n) is 6.49. The Labute approximate surface area is 136 Å². The van der Waals surface area contributed by atoms with E-state index in [0.29, 0.717) is 22.3 Å². The van der Waals surface area contributed by atoms with E-state index in [1.54, 1.807) is 13.0 Å². The fraction of sp³-hybridized carbons (Fsp3) is 0.562. The molecule has 1 aliphatic heterocycles. The van der Waals surface area contributed by atoms with E-state index in [4.69, 9.17) is 4.52 Å². The fourth-order valence-corrected chi connectivity index (χ4v) is 3.04. The Morgan fingerprint density at radius 1 is 1.42 bits per heavy atom. The van der Waals surface area contributed by atoms with Crippen molar-refractivity contribution in [1.82, 2.24) is 15.0 Å². The lowest BCUT2D eigenvalue weighted by atomic mass is 10.0. The Morgan fingerprint density at radius 3 is 2.71 bits per heavy atom. The Bertz CT molecular complexity index is 783. The molecule has 3 rings (SSSR count). The fourth-order valence-electron chi connectivity index (χ4n) is 3.04. The molecular weight excluding hydrogens is 323 g/mol. The second kappa shape index (κ2) is 5.75. The molecule has 1 unspecified atom stereocenters. The topological polar surface area (TPSA) is 59.2 Å². The van der Waals surface area contributed by atoms with Crippen LogP contribution in [0.3, 0.4) is 0 Å². The minimum atomic E-state index is -4.28. The zero-order chi connectivity index (χ0) is 17.6. The van der Waals surface area contributed by atoms with Crippen molar-refractivity contribution in [3.8, 4) is 0 Å². The van der Waals surface area contributed by atoms with Crippen LogP contribution >= 0.6 is 0 Å². The van der Waals surface area contributed by atoms with Crippen molar-refractivity contribution in [2.45, 2.75) is 39.3 Å². The number of fused-ring (bicyclic) bond motifs is 1. The predicted octanol–water partition coefficient (Wildman–Crippen LogP) is 3.68. The summed E-state index contributed by atoms with van der Waals surface area (Å²) in [5.41, 5.74) is 1.70. The van der Waals surface area contributed by atoms with E-state index >= 15 is 0 Å². The van der Waals surface area contributed by atoms with E-state index in [2.05, 4.69) is 10.1 Å². The van der Waals surface area contributed by atoms with Gasteiger partial charge in [0.2, 0.25) is 0 Å². The Kier molecular flexibility index (Phi) is 4.01. The number of aromatic nitrogens is 2. The van der Waals surface area contributed by atoms with Crippen LogP contribution in [0.1, 0.15) is 47.9 Å². The average Bonchev–Trinajstić information content (AvgIpc) is 3.11. The van der Waals surface area contributed by atoms with Crippen molar-refractivity contribution < 1.29 is 22.5 Å². The van der Waals surface area contributed by atoms with Gasteiger partial charge in [0.25, 0.3) is 11.6 Å². The summed E-state index contributed by atoms with van der Waals surface area (Å²) in [6.45, 7) is 5.29. The van der Waals surface area contributed by atoms with Crippen LogP contribution < -0.4 is 0 Å². The number of carbonyl (C=O) groups excluding carboxylic acids is 1. The molecule has 1 aliphatic rings. The molecule has 2 aromatic heterocycles. The number of rotatable bonds is 2. The SMILES string of the molecule is Cc1cc(C(=O)N2CCC(C(F)(F)F)C2)c2c(C(C)C)noc2n1. The molecule has 0 N–H and O–H groups in total. The van der Waals surface area contributed by atoms with E-state index in [-0.39, 0.29) is 31.1 Å². The molecule has 0 aliphatic carbocycles. The highest BCUT2D eigenvalue weighted by molar-refractivity contribution is 6.06. The van der Waals surface area contributed by atoms with Gasteiger partial charge in [0.1, 0.15) is 0 Å². The van der Waals surface area contributed by atoms with Gasteiger partial charge in [-0.3, -0.25) is 4.79 Å². The first-order valence-corrected chi connectivity index (χ1v) is 7.81. The molecule has 0 aromatic carbocycles. The number of amides is 1. The van der Waals surface area contributed by atoms with Crippen LogP contribution in [0.2, 0.25) is 0 Å². The highest BCUT2D eigenvalue weighted by Crippen LogP contribution is 2.35. The van der Waals surface area contributed by atoms with Crippen molar-refractivity contribution in [1.29, 1.82) is 0 Å². The van der Waals surface area contributed by atoms with Gasteiger partial charge in [-0.1, -0.05) is 19.0 Å². The smallest absolute Gasteiger partial charge is 0.338 e. The van der Waals surface area contributed by atoms with Gasteiger partial charge in [-0.05, 0) is 25.3 Å². The third-order valence-electron chi connectivity index (χ3n) is 4.32. The van der Waals surface area contributed by atoms with Crippen molar-refractivity contribution in [3.05, 3.63) is 23.0 Å². The highest BCUT2D eigenvalue weighted by Gasteiger charge is 2.45. The molecule has 24 heavy (non-hydrogen) atoms. The second-order valence-corrected chi connectivity index (χ2v) is 6.49. The number of aryl methyl sites for hydroxylation is 1. The molecular formula is C16H18F3N3O2. The summed E-state index contributed by atoms with van der Waals surface area (Å²) in [6.07, 6.45) is -4.35. The summed E-state index contributed by atoms with van der Waals surface area (Å²) in [5.74, 6) is -1.89. The molecule has 0 bridgehead atoms. The van der Waals surface area contributed by atoms with Crippen molar-refractivity contribution in [2.24, 2.45) is 5.92 Å². The largest absolute Gasteiger partial charge is 0.393 e. The average molecular weight is 341 g/mol. The molecule has 0 spiro atoms. The van der Waals surface area contributed by atoms with Crippen LogP contribution in [-0.4, -0.2) is 40.2 Å². The molecule has 0 saturated carbocycles. The van der Waals surface area contributed by atoms with Crippen molar-refractivity contribution in [2.75, 3.05) is 13.1 Å². The maximum Gasteiger partial charge on any atom is 0.393 e. The summed E-state index contributed by atoms with van der Waals surface area (Å²) in [5, 5.41) is 4.47. The predicted molar refractivity (Wildman–Crippen MR) is 80.7 cm³/mol. The summed E-state index contributed by atoms with van der Waals surface area (Å²) in [4.78, 5) is 18.3. The van der Waals surface area contributed by atoms with Crippen LogP contribution in [0, 0.1) is 12.8 Å². The van der Waals surface area contributed by atoms with Crippen LogP contribution in [0.4, 0.5) is 13.2 Å². The number of nitrogens with zero attached hydrogens (tertiary/aromatic N) is 3. The van der Waals surface area contributed by atoms with E-state index in [0.717, 1.165) is 0 Å². The van der Waals surface area contributed by atoms with E-state index in [1.165, 1.54) is 4.90 Å². The number of hydrogen-bond donors (Lipinski definition) is 0. The lowest BCUT2D eigenvalue weighted by molar-refractivity contribution is -0.169. The highest BCUT2D eigenvalue weighted by atomic mass is 19.4. The number of alkyl halides is 3. The number of pyridine rings is 1. The van der Waals surface area contributed by atoms with Crippen LogP contribution in [-0.2, 0) is 0 Å². The first kappa shape index (κ1) is 16.7. The van der Waals surface area contributed by atoms with Crippen LogP contribution in [0.25, 0.3) is 11.1 Å². The Hall–Kier alpha value is -2.12. The minimum absolute atomic E-state index is 0.00353. The quantitative estimate of drug-likeness (QED) is 0.836. The number of halogens is 3. The molecule has 5 nitrogen and oxygen atoms in total. The molecule has 1 amide bonds. The summed E-state index contributed by atoms with van der Waals surface area (Å²) in [6, 6.07) is 1.59. The third-order valence-corrected chi connectivity index (χ3v) is 4.32. The molecule has 130 valence electrons. The molecule has 8 heteroatoms. The maximum absolute atomic E-state index is 12.9. The summed E-state index contributed by atoms with van der Waals surface area (Å²) >= 11 is 0. The zero-order valence-electron chi connectivity index (χ0n) is 13.6. The number of carbonyl (C=O) groups is 1. The zero-order valence-corrected chi connectivity index (χ0v) is 13.6. The third kappa shape index (κ3) is 2.85. The Balaban J connectivity index is 2.00. The van der Waals surface area contributed by atoms with E-state index in [1.807, 2.05) is 13.8 Å². The van der Waals surface area contributed by atoms with Gasteiger partial charge in [-0.25, -0.2) is 4.98 Å². The van der Waals surface area contributed by atoms with E-state index < -0.39 is 18.0 Å². The molecule has 1 fully saturated rings. The van der Waals surface area contributed by atoms with Gasteiger partial charge >= 0.3 is 6.18 Å². The summed E-state index contributed by atoms with van der Waals surface area (Å²) in [7, 11) is 0. The monoisotopic (exact) mass is 341 g/mol. The molecule has 2 aromatic rings. The lowest BCUT2D eigenvalue weighted by Gasteiger charge is -2.18. The molecule has 1 atom stereocenters. The van der Waals surface area contributed by atoms with Crippen LogP contribution in [0.5, 0.6) is 0 Å². The molecule has 0 radical (unpaired) electrons. The van der Waals surface area contributed by atoms with Gasteiger partial charge in [0, 0.05) is 18.8 Å². The Morgan fingerprint density at radius 2 is 2.12 bits per heavy atom. The van der Waals surface area contributed by atoms with Crippen molar-refractivity contribution >= 4 is 17.0 Å². The van der Waals surface area contributed by atoms with Gasteiger partial charge in [-0.2, -0.15) is 13.2 Å². The minimum Gasteiger partial charge on any atom is -0.338 e. The van der Waals surface area contributed by atoms with Gasteiger partial charge < -0.3 is 9.42 Å².